The van der Waals surface area contributed by atoms with Crippen molar-refractivity contribution >= 4 is 29.2 Å². The Labute approximate surface area is 161 Å². The molecule has 0 spiro atoms. The van der Waals surface area contributed by atoms with Crippen LogP contribution >= 0.6 is 11.3 Å². The zero-order valence-electron chi connectivity index (χ0n) is 14.8. The molecule has 1 atom stereocenters. The fourth-order valence-electron chi connectivity index (χ4n) is 2.50. The van der Waals surface area contributed by atoms with Gasteiger partial charge in [-0.1, -0.05) is 36.4 Å². The van der Waals surface area contributed by atoms with Gasteiger partial charge in [-0.2, -0.15) is 0 Å². The van der Waals surface area contributed by atoms with E-state index in [0.29, 0.717) is 24.3 Å². The summed E-state index contributed by atoms with van der Waals surface area (Å²) < 4.78 is 0. The predicted octanol–water partition coefficient (Wildman–Crippen LogP) is 2.25. The molecule has 3 amide bonds. The van der Waals surface area contributed by atoms with Crippen LogP contribution in [-0.2, 0) is 11.2 Å². The van der Waals surface area contributed by atoms with E-state index < -0.39 is 5.97 Å². The van der Waals surface area contributed by atoms with Crippen molar-refractivity contribution in [3.8, 4) is 0 Å². The summed E-state index contributed by atoms with van der Waals surface area (Å²) in [4.78, 5) is 35.3. The van der Waals surface area contributed by atoms with Gasteiger partial charge in [0.2, 0.25) is 0 Å². The lowest BCUT2D eigenvalue weighted by Crippen LogP contribution is -2.45. The van der Waals surface area contributed by atoms with E-state index in [1.165, 1.54) is 11.3 Å². The van der Waals surface area contributed by atoms with E-state index in [9.17, 15) is 14.4 Å². The molecule has 27 heavy (non-hydrogen) atoms. The van der Waals surface area contributed by atoms with Crippen LogP contribution in [-0.4, -0.2) is 42.1 Å². The molecule has 0 radical (unpaired) electrons. The van der Waals surface area contributed by atoms with Crippen molar-refractivity contribution in [1.82, 2.24) is 16.0 Å². The number of rotatable bonds is 10. The fraction of sp³-hybridized carbons (Fsp3) is 0.316. The standard InChI is InChI=1S/C19H23N3O4S/c23-17(24)9-8-15(13-14-5-2-1-3-6-14)22-19(26)21-11-10-20-18(25)16-7-4-12-27-16/h1-7,12,15H,8-11,13H2,(H,20,25)(H,23,24)(H2,21,22,26). The van der Waals surface area contributed by atoms with Crippen molar-refractivity contribution in [1.29, 1.82) is 0 Å². The number of amides is 3. The quantitative estimate of drug-likeness (QED) is 0.468. The maximum Gasteiger partial charge on any atom is 0.315 e. The number of nitrogens with one attached hydrogen (secondary N) is 3. The van der Waals surface area contributed by atoms with Crippen molar-refractivity contribution in [3.63, 3.8) is 0 Å². The van der Waals surface area contributed by atoms with Gasteiger partial charge in [-0.3, -0.25) is 9.59 Å². The van der Waals surface area contributed by atoms with Gasteiger partial charge in [-0.05, 0) is 29.9 Å². The topological polar surface area (TPSA) is 108 Å². The van der Waals surface area contributed by atoms with Crippen LogP contribution in [0.5, 0.6) is 0 Å². The summed E-state index contributed by atoms with van der Waals surface area (Å²) >= 11 is 1.35. The minimum Gasteiger partial charge on any atom is -0.481 e. The number of carboxylic acids is 1. The van der Waals surface area contributed by atoms with Crippen molar-refractivity contribution < 1.29 is 19.5 Å². The molecule has 2 aromatic rings. The second kappa shape index (κ2) is 11.0. The molecular weight excluding hydrogens is 366 g/mol. The predicted molar refractivity (Wildman–Crippen MR) is 104 cm³/mol. The number of carboxylic acid groups (broad SMARTS) is 1. The highest BCUT2D eigenvalue weighted by atomic mass is 32.1. The number of hydrogen-bond donors (Lipinski definition) is 4. The van der Waals surface area contributed by atoms with Gasteiger partial charge in [0.05, 0.1) is 4.88 Å². The highest BCUT2D eigenvalue weighted by Crippen LogP contribution is 2.08. The first-order valence-electron chi connectivity index (χ1n) is 8.66. The number of aliphatic carboxylic acids is 1. The van der Waals surface area contributed by atoms with Crippen LogP contribution in [0.4, 0.5) is 4.79 Å². The fourth-order valence-corrected chi connectivity index (χ4v) is 3.15. The maximum atomic E-state index is 12.1. The molecule has 0 bridgehead atoms. The van der Waals surface area contributed by atoms with E-state index in [-0.39, 0.29) is 30.9 Å². The SMILES string of the molecule is O=C(O)CCC(Cc1ccccc1)NC(=O)NCCNC(=O)c1cccs1. The second-order valence-corrected chi connectivity index (χ2v) is 6.90. The molecule has 144 valence electrons. The van der Waals surface area contributed by atoms with E-state index in [0.717, 1.165) is 5.56 Å². The van der Waals surface area contributed by atoms with Crippen LogP contribution < -0.4 is 16.0 Å². The number of benzene rings is 1. The monoisotopic (exact) mass is 389 g/mol. The lowest BCUT2D eigenvalue weighted by atomic mass is 10.0. The first-order chi connectivity index (χ1) is 13.0. The normalized spacial score (nSPS) is 11.4. The van der Waals surface area contributed by atoms with Gasteiger partial charge < -0.3 is 21.1 Å². The Morgan fingerprint density at radius 3 is 2.41 bits per heavy atom. The Hall–Kier alpha value is -2.87. The average molecular weight is 389 g/mol. The molecule has 1 heterocycles. The van der Waals surface area contributed by atoms with Gasteiger partial charge in [0.1, 0.15) is 0 Å². The molecule has 4 N–H and O–H groups in total. The van der Waals surface area contributed by atoms with Crippen molar-refractivity contribution in [2.45, 2.75) is 25.3 Å². The van der Waals surface area contributed by atoms with E-state index in [1.54, 1.807) is 12.1 Å². The minimum absolute atomic E-state index is 0.0192. The van der Waals surface area contributed by atoms with Crippen molar-refractivity contribution in [2.24, 2.45) is 0 Å². The Balaban J connectivity index is 1.74. The molecule has 0 aliphatic carbocycles. The third kappa shape index (κ3) is 7.91. The summed E-state index contributed by atoms with van der Waals surface area (Å²) in [5, 5.41) is 18.9. The Morgan fingerprint density at radius 1 is 1.00 bits per heavy atom. The molecule has 0 aliphatic rings. The van der Waals surface area contributed by atoms with Crippen LogP contribution in [0.1, 0.15) is 28.1 Å². The number of urea groups is 1. The largest absolute Gasteiger partial charge is 0.481 e. The Morgan fingerprint density at radius 2 is 1.74 bits per heavy atom. The van der Waals surface area contributed by atoms with E-state index >= 15 is 0 Å². The molecule has 1 aromatic carbocycles. The van der Waals surface area contributed by atoms with Crippen LogP contribution in [0.15, 0.2) is 47.8 Å². The molecule has 0 saturated carbocycles. The molecular formula is C19H23N3O4S. The summed E-state index contributed by atoms with van der Waals surface area (Å²) in [6.07, 6.45) is 0.873. The maximum absolute atomic E-state index is 12.1. The molecule has 8 heteroatoms. The van der Waals surface area contributed by atoms with E-state index in [4.69, 9.17) is 5.11 Å². The Kier molecular flexibility index (Phi) is 8.31. The van der Waals surface area contributed by atoms with Gasteiger partial charge in [0.25, 0.3) is 5.91 Å². The van der Waals surface area contributed by atoms with Gasteiger partial charge in [-0.15, -0.1) is 11.3 Å². The summed E-state index contributed by atoms with van der Waals surface area (Å²) in [5.74, 6) is -1.07. The van der Waals surface area contributed by atoms with Crippen LogP contribution in [0.25, 0.3) is 0 Å². The molecule has 1 aromatic heterocycles. The van der Waals surface area contributed by atoms with Crippen LogP contribution in [0.2, 0.25) is 0 Å². The number of carbonyl (C=O) groups excluding carboxylic acids is 2. The zero-order valence-corrected chi connectivity index (χ0v) is 15.6. The van der Waals surface area contributed by atoms with Gasteiger partial charge >= 0.3 is 12.0 Å². The molecule has 1 unspecified atom stereocenters. The zero-order chi connectivity index (χ0) is 19.5. The first kappa shape index (κ1) is 20.4. The summed E-state index contributed by atoms with van der Waals surface area (Å²) in [6.45, 7) is 0.586. The average Bonchev–Trinajstić information content (AvgIpc) is 3.19. The highest BCUT2D eigenvalue weighted by Gasteiger charge is 2.14. The van der Waals surface area contributed by atoms with Gasteiger partial charge in [0, 0.05) is 25.6 Å². The molecule has 0 aliphatic heterocycles. The second-order valence-electron chi connectivity index (χ2n) is 5.95. The van der Waals surface area contributed by atoms with Crippen LogP contribution in [0, 0.1) is 0 Å². The van der Waals surface area contributed by atoms with Crippen molar-refractivity contribution in [2.75, 3.05) is 13.1 Å². The number of carbonyl (C=O) groups is 3. The number of hydrogen-bond acceptors (Lipinski definition) is 4. The lowest BCUT2D eigenvalue weighted by molar-refractivity contribution is -0.137. The highest BCUT2D eigenvalue weighted by molar-refractivity contribution is 7.12. The summed E-state index contributed by atoms with van der Waals surface area (Å²) in [6, 6.07) is 12.4. The smallest absolute Gasteiger partial charge is 0.315 e. The molecule has 7 nitrogen and oxygen atoms in total. The van der Waals surface area contributed by atoms with Gasteiger partial charge in [-0.25, -0.2) is 4.79 Å². The molecule has 0 saturated heterocycles. The first-order valence-corrected chi connectivity index (χ1v) is 9.54. The Bertz CT molecular complexity index is 735. The van der Waals surface area contributed by atoms with Gasteiger partial charge in [0.15, 0.2) is 0 Å². The van der Waals surface area contributed by atoms with Crippen molar-refractivity contribution in [3.05, 3.63) is 58.3 Å². The van der Waals surface area contributed by atoms with E-state index in [1.807, 2.05) is 35.7 Å². The van der Waals surface area contributed by atoms with E-state index in [2.05, 4.69) is 16.0 Å². The minimum atomic E-state index is -0.897. The molecule has 2 rings (SSSR count). The van der Waals surface area contributed by atoms with Crippen LogP contribution in [0.3, 0.4) is 0 Å². The lowest BCUT2D eigenvalue weighted by Gasteiger charge is -2.19. The summed E-state index contributed by atoms with van der Waals surface area (Å²) in [7, 11) is 0. The third-order valence-corrected chi connectivity index (χ3v) is 4.68. The molecule has 0 fully saturated rings. The summed E-state index contributed by atoms with van der Waals surface area (Å²) in [5.41, 5.74) is 1.02. The third-order valence-electron chi connectivity index (χ3n) is 3.81. The number of thiophene rings is 1.